The van der Waals surface area contributed by atoms with Crippen LogP contribution in [0.15, 0.2) is 5.57 Å². The van der Waals surface area contributed by atoms with Crippen LogP contribution in [0.25, 0.3) is 6.08 Å². The van der Waals surface area contributed by atoms with E-state index in [0.717, 1.165) is 17.0 Å². The smallest absolute Gasteiger partial charge is 0.130 e. The monoisotopic (exact) mass is 186 g/mol. The van der Waals surface area contributed by atoms with Crippen LogP contribution < -0.4 is 0 Å². The maximum Gasteiger partial charge on any atom is 0.130 e. The fraction of sp³-hybridized carbons (Fsp3) is 0.300. The molecule has 70 valence electrons. The molecule has 0 amide bonds. The summed E-state index contributed by atoms with van der Waals surface area (Å²) in [6.45, 7) is 3.75. The minimum Gasteiger partial charge on any atom is -0.272 e. The maximum absolute atomic E-state index is 8.61. The SMILES string of the molecule is Cc1nn(C)c(C)c1C=C(C#N)C#N. The van der Waals surface area contributed by atoms with Gasteiger partial charge >= 0.3 is 0 Å². The predicted molar refractivity (Wildman–Crippen MR) is 51.9 cm³/mol. The first-order chi connectivity index (χ1) is 6.60. The normalized spacial score (nSPS) is 8.93. The van der Waals surface area contributed by atoms with Crippen LogP contribution in [0, 0.1) is 36.5 Å². The van der Waals surface area contributed by atoms with E-state index in [0.29, 0.717) is 0 Å². The maximum atomic E-state index is 8.61. The molecule has 1 aromatic heterocycles. The Bertz CT molecular complexity index is 450. The Morgan fingerprint density at radius 1 is 1.36 bits per heavy atom. The summed E-state index contributed by atoms with van der Waals surface area (Å²) in [7, 11) is 1.83. The lowest BCUT2D eigenvalue weighted by molar-refractivity contribution is 0.731. The average molecular weight is 186 g/mol. The molecule has 0 spiro atoms. The number of hydrogen-bond acceptors (Lipinski definition) is 3. The van der Waals surface area contributed by atoms with Crippen LogP contribution in [0.3, 0.4) is 0 Å². The molecule has 4 nitrogen and oxygen atoms in total. The first-order valence-electron chi connectivity index (χ1n) is 4.12. The summed E-state index contributed by atoms with van der Waals surface area (Å²) >= 11 is 0. The molecular formula is C10H10N4. The van der Waals surface area contributed by atoms with E-state index in [1.54, 1.807) is 10.8 Å². The highest BCUT2D eigenvalue weighted by Gasteiger charge is 2.07. The van der Waals surface area contributed by atoms with Crippen molar-refractivity contribution in [3.63, 3.8) is 0 Å². The number of aromatic nitrogens is 2. The summed E-state index contributed by atoms with van der Waals surface area (Å²) < 4.78 is 1.73. The minimum atomic E-state index is 0.101. The van der Waals surface area contributed by atoms with E-state index >= 15 is 0 Å². The van der Waals surface area contributed by atoms with Crippen molar-refractivity contribution in [1.82, 2.24) is 9.78 Å². The van der Waals surface area contributed by atoms with E-state index in [1.807, 2.05) is 33.0 Å². The first-order valence-corrected chi connectivity index (χ1v) is 4.12. The lowest BCUT2D eigenvalue weighted by Gasteiger charge is -1.93. The van der Waals surface area contributed by atoms with Crippen molar-refractivity contribution in [2.75, 3.05) is 0 Å². The van der Waals surface area contributed by atoms with E-state index in [2.05, 4.69) is 5.10 Å². The number of allylic oxidation sites excluding steroid dienone is 1. The number of nitriles is 2. The molecule has 4 heteroatoms. The van der Waals surface area contributed by atoms with Crippen molar-refractivity contribution >= 4 is 6.08 Å². The van der Waals surface area contributed by atoms with Gasteiger partial charge in [-0.2, -0.15) is 15.6 Å². The number of aryl methyl sites for hydroxylation is 2. The van der Waals surface area contributed by atoms with Crippen LogP contribution in [-0.4, -0.2) is 9.78 Å². The highest BCUT2D eigenvalue weighted by molar-refractivity contribution is 5.64. The zero-order chi connectivity index (χ0) is 10.7. The third-order valence-electron chi connectivity index (χ3n) is 2.09. The Labute approximate surface area is 82.7 Å². The quantitative estimate of drug-likeness (QED) is 0.624. The van der Waals surface area contributed by atoms with Gasteiger partial charge in [-0.15, -0.1) is 0 Å². The van der Waals surface area contributed by atoms with Crippen LogP contribution in [0.1, 0.15) is 17.0 Å². The van der Waals surface area contributed by atoms with Crippen LogP contribution >= 0.6 is 0 Å². The molecule has 1 heterocycles. The van der Waals surface area contributed by atoms with Crippen molar-refractivity contribution in [3.05, 3.63) is 22.5 Å². The van der Waals surface area contributed by atoms with Gasteiger partial charge in [-0.3, -0.25) is 4.68 Å². The average Bonchev–Trinajstić information content (AvgIpc) is 2.40. The molecule has 0 aliphatic heterocycles. The fourth-order valence-electron chi connectivity index (χ4n) is 1.23. The van der Waals surface area contributed by atoms with Crippen molar-refractivity contribution in [3.8, 4) is 12.1 Å². The molecule has 0 bridgehead atoms. The number of nitrogens with zero attached hydrogens (tertiary/aromatic N) is 4. The van der Waals surface area contributed by atoms with Gasteiger partial charge in [-0.25, -0.2) is 0 Å². The van der Waals surface area contributed by atoms with Gasteiger partial charge in [0.1, 0.15) is 17.7 Å². The molecule has 0 fully saturated rings. The standard InChI is InChI=1S/C10H10N4/c1-7-10(4-9(5-11)6-12)8(2)14(3)13-7/h4H,1-3H3. The zero-order valence-corrected chi connectivity index (χ0v) is 8.37. The molecule has 0 N–H and O–H groups in total. The molecule has 0 unspecified atom stereocenters. The summed E-state index contributed by atoms with van der Waals surface area (Å²) in [5.41, 5.74) is 2.73. The molecule has 1 aromatic rings. The van der Waals surface area contributed by atoms with E-state index in [9.17, 15) is 0 Å². The summed E-state index contributed by atoms with van der Waals surface area (Å²) in [6, 6.07) is 3.65. The first kappa shape index (κ1) is 10.0. The third kappa shape index (κ3) is 1.65. The van der Waals surface area contributed by atoms with Crippen molar-refractivity contribution < 1.29 is 0 Å². The van der Waals surface area contributed by atoms with Crippen molar-refractivity contribution in [2.45, 2.75) is 13.8 Å². The Morgan fingerprint density at radius 3 is 2.29 bits per heavy atom. The Balaban J connectivity index is 3.30. The topological polar surface area (TPSA) is 65.4 Å². The van der Waals surface area contributed by atoms with Crippen LogP contribution in [-0.2, 0) is 7.05 Å². The Kier molecular flexibility index (Phi) is 2.69. The van der Waals surface area contributed by atoms with Gasteiger partial charge in [0.2, 0.25) is 0 Å². The zero-order valence-electron chi connectivity index (χ0n) is 8.37. The largest absolute Gasteiger partial charge is 0.272 e. The number of hydrogen-bond donors (Lipinski definition) is 0. The summed E-state index contributed by atoms with van der Waals surface area (Å²) in [6.07, 6.45) is 1.57. The van der Waals surface area contributed by atoms with E-state index in [4.69, 9.17) is 10.5 Å². The molecule has 0 saturated heterocycles. The van der Waals surface area contributed by atoms with Gasteiger partial charge in [-0.05, 0) is 19.9 Å². The van der Waals surface area contributed by atoms with E-state index in [1.165, 1.54) is 0 Å². The van der Waals surface area contributed by atoms with Gasteiger partial charge in [0.25, 0.3) is 0 Å². The summed E-state index contributed by atoms with van der Waals surface area (Å²) in [5.74, 6) is 0. The molecule has 1 rings (SSSR count). The second-order valence-electron chi connectivity index (χ2n) is 2.99. The van der Waals surface area contributed by atoms with Crippen molar-refractivity contribution in [2.24, 2.45) is 7.05 Å². The lowest BCUT2D eigenvalue weighted by Crippen LogP contribution is -1.92. The molecule has 0 saturated carbocycles. The van der Waals surface area contributed by atoms with Gasteiger partial charge in [0.15, 0.2) is 0 Å². The highest BCUT2D eigenvalue weighted by atomic mass is 15.3. The number of rotatable bonds is 1. The summed E-state index contributed by atoms with van der Waals surface area (Å²) in [5, 5.41) is 21.4. The van der Waals surface area contributed by atoms with E-state index in [-0.39, 0.29) is 5.57 Å². The molecule has 14 heavy (non-hydrogen) atoms. The Morgan fingerprint density at radius 2 is 1.93 bits per heavy atom. The molecular weight excluding hydrogens is 176 g/mol. The van der Waals surface area contributed by atoms with Gasteiger partial charge in [-0.1, -0.05) is 0 Å². The van der Waals surface area contributed by atoms with Gasteiger partial charge < -0.3 is 0 Å². The predicted octanol–water partition coefficient (Wildman–Crippen LogP) is 1.47. The van der Waals surface area contributed by atoms with Crippen LogP contribution in [0.5, 0.6) is 0 Å². The van der Waals surface area contributed by atoms with Crippen molar-refractivity contribution in [1.29, 1.82) is 10.5 Å². The van der Waals surface area contributed by atoms with Crippen LogP contribution in [0.4, 0.5) is 0 Å². The second-order valence-corrected chi connectivity index (χ2v) is 2.99. The fourth-order valence-corrected chi connectivity index (χ4v) is 1.23. The second kappa shape index (κ2) is 3.76. The third-order valence-corrected chi connectivity index (χ3v) is 2.09. The molecule has 0 aliphatic rings. The van der Waals surface area contributed by atoms with Gasteiger partial charge in [0, 0.05) is 18.3 Å². The molecule has 0 aliphatic carbocycles. The molecule has 0 radical (unpaired) electrons. The van der Waals surface area contributed by atoms with E-state index < -0.39 is 0 Å². The van der Waals surface area contributed by atoms with Crippen LogP contribution in [0.2, 0.25) is 0 Å². The Hall–Kier alpha value is -2.07. The minimum absolute atomic E-state index is 0.101. The molecule has 0 atom stereocenters. The molecule has 0 aromatic carbocycles. The summed E-state index contributed by atoms with van der Waals surface area (Å²) in [4.78, 5) is 0. The van der Waals surface area contributed by atoms with Gasteiger partial charge in [0.05, 0.1) is 5.69 Å². The lowest BCUT2D eigenvalue weighted by atomic mass is 10.1. The highest BCUT2D eigenvalue weighted by Crippen LogP contribution is 2.15.